The second-order valence-electron chi connectivity index (χ2n) is 10.0. The van der Waals surface area contributed by atoms with Crippen LogP contribution in [0, 0.1) is 28.6 Å². The normalized spacial score (nSPS) is 45.9. The van der Waals surface area contributed by atoms with Crippen molar-refractivity contribution in [2.75, 3.05) is 20.8 Å². The predicted molar refractivity (Wildman–Crippen MR) is 113 cm³/mol. The molecule has 0 aromatic carbocycles. The van der Waals surface area contributed by atoms with Gasteiger partial charge in [0.05, 0.1) is 12.3 Å². The highest BCUT2D eigenvalue weighted by molar-refractivity contribution is 5.96. The summed E-state index contributed by atoms with van der Waals surface area (Å²) in [7, 11) is 3.09. The van der Waals surface area contributed by atoms with Crippen LogP contribution in [-0.4, -0.2) is 48.1 Å². The van der Waals surface area contributed by atoms with E-state index >= 15 is 0 Å². The molecule has 4 aliphatic rings. The monoisotopic (exact) mass is 404 g/mol. The smallest absolute Gasteiger partial charge is 0.115 e. The van der Waals surface area contributed by atoms with Gasteiger partial charge in [0.25, 0.3) is 0 Å². The quantitative estimate of drug-likeness (QED) is 0.553. The van der Waals surface area contributed by atoms with Gasteiger partial charge in [-0.1, -0.05) is 29.7 Å². The van der Waals surface area contributed by atoms with E-state index in [0.29, 0.717) is 29.9 Å². The van der Waals surface area contributed by atoms with E-state index < -0.39 is 5.60 Å². The minimum atomic E-state index is -1.07. The van der Waals surface area contributed by atoms with Crippen molar-refractivity contribution in [2.24, 2.45) is 38.9 Å². The van der Waals surface area contributed by atoms with Crippen LogP contribution in [0.3, 0.4) is 0 Å². The lowest BCUT2D eigenvalue weighted by molar-refractivity contribution is -0.0966. The van der Waals surface area contributed by atoms with Gasteiger partial charge in [0.2, 0.25) is 0 Å². The molecule has 4 aliphatic carbocycles. The lowest BCUT2D eigenvalue weighted by atomic mass is 9.46. The average molecular weight is 405 g/mol. The number of nitrogens with zero attached hydrogens (tertiary/aromatic N) is 2. The Balaban J connectivity index is 1.65. The van der Waals surface area contributed by atoms with Crippen LogP contribution in [0.25, 0.3) is 0 Å². The maximum atomic E-state index is 11.7. The molecule has 0 amide bonds. The standard InChI is InChI=1S/C23H36N2O4/c1-21-10-7-16(24-28-3)13-15(21)5-6-17-18(21)8-11-22(2)19(17)9-12-23(22,27)20(14-26)25-29-4/h13,17-19,26-27H,5-12,14H2,1-4H3/b24-16-,25-20+/t17-,18+,19+,21+,22+,23+/m1/s1. The summed E-state index contributed by atoms with van der Waals surface area (Å²) in [6.07, 6.45) is 10.4. The molecule has 6 nitrogen and oxygen atoms in total. The number of hydrogen-bond acceptors (Lipinski definition) is 6. The van der Waals surface area contributed by atoms with Crippen LogP contribution in [0.5, 0.6) is 0 Å². The van der Waals surface area contributed by atoms with Crippen LogP contribution >= 0.6 is 0 Å². The summed E-state index contributed by atoms with van der Waals surface area (Å²) in [4.78, 5) is 9.98. The Labute approximate surface area is 174 Å². The first-order valence-electron chi connectivity index (χ1n) is 11.1. The Morgan fingerprint density at radius 3 is 2.52 bits per heavy atom. The molecule has 4 rings (SSSR count). The van der Waals surface area contributed by atoms with Crippen LogP contribution in [0.2, 0.25) is 0 Å². The Hall–Kier alpha value is -1.40. The van der Waals surface area contributed by atoms with E-state index in [9.17, 15) is 10.2 Å². The van der Waals surface area contributed by atoms with Gasteiger partial charge in [-0.25, -0.2) is 0 Å². The summed E-state index contributed by atoms with van der Waals surface area (Å²) in [5, 5.41) is 29.8. The Morgan fingerprint density at radius 1 is 1.07 bits per heavy atom. The molecule has 0 radical (unpaired) electrons. The zero-order valence-corrected chi connectivity index (χ0v) is 18.3. The lowest BCUT2D eigenvalue weighted by Gasteiger charge is -2.59. The van der Waals surface area contributed by atoms with E-state index in [1.54, 1.807) is 7.11 Å². The van der Waals surface area contributed by atoms with Gasteiger partial charge >= 0.3 is 0 Å². The van der Waals surface area contributed by atoms with Crippen LogP contribution < -0.4 is 0 Å². The second kappa shape index (κ2) is 7.38. The second-order valence-corrected chi connectivity index (χ2v) is 10.0. The molecule has 0 unspecified atom stereocenters. The van der Waals surface area contributed by atoms with Crippen LogP contribution in [0.4, 0.5) is 0 Å². The Bertz CT molecular complexity index is 747. The van der Waals surface area contributed by atoms with Crippen molar-refractivity contribution < 1.29 is 19.9 Å². The fourth-order valence-electron chi connectivity index (χ4n) is 7.60. The molecule has 0 heterocycles. The molecule has 29 heavy (non-hydrogen) atoms. The molecule has 6 atom stereocenters. The number of aliphatic hydroxyl groups is 2. The first-order valence-corrected chi connectivity index (χ1v) is 11.1. The molecule has 0 spiro atoms. The first kappa shape index (κ1) is 20.9. The molecule has 162 valence electrons. The fourth-order valence-corrected chi connectivity index (χ4v) is 7.60. The molecule has 0 bridgehead atoms. The van der Waals surface area contributed by atoms with Gasteiger partial charge in [0, 0.05) is 5.41 Å². The number of rotatable bonds is 4. The van der Waals surface area contributed by atoms with E-state index in [2.05, 4.69) is 30.2 Å². The molecule has 3 saturated carbocycles. The van der Waals surface area contributed by atoms with E-state index in [0.717, 1.165) is 44.2 Å². The highest BCUT2D eigenvalue weighted by atomic mass is 16.6. The summed E-state index contributed by atoms with van der Waals surface area (Å²) in [5.41, 5.74) is 1.88. The van der Waals surface area contributed by atoms with Gasteiger partial charge in [-0.15, -0.1) is 0 Å². The summed E-state index contributed by atoms with van der Waals surface area (Å²) in [6, 6.07) is 0. The maximum Gasteiger partial charge on any atom is 0.115 e. The van der Waals surface area contributed by atoms with Gasteiger partial charge in [-0.05, 0) is 80.6 Å². The number of hydrogen-bond donors (Lipinski definition) is 2. The van der Waals surface area contributed by atoms with Gasteiger partial charge in [0.15, 0.2) is 0 Å². The highest BCUT2D eigenvalue weighted by Gasteiger charge is 2.65. The van der Waals surface area contributed by atoms with Gasteiger partial charge in [-0.3, -0.25) is 0 Å². The minimum Gasteiger partial charge on any atom is -0.399 e. The zero-order valence-electron chi connectivity index (χ0n) is 18.3. The molecule has 2 N–H and O–H groups in total. The minimum absolute atomic E-state index is 0.220. The van der Waals surface area contributed by atoms with Crippen LogP contribution in [0.1, 0.15) is 65.2 Å². The number of allylic oxidation sites excluding steroid dienone is 2. The summed E-state index contributed by atoms with van der Waals surface area (Å²) < 4.78 is 0. The van der Waals surface area contributed by atoms with Crippen molar-refractivity contribution >= 4 is 11.4 Å². The largest absolute Gasteiger partial charge is 0.399 e. The first-order chi connectivity index (χ1) is 13.8. The summed E-state index contributed by atoms with van der Waals surface area (Å²) >= 11 is 0. The third-order valence-corrected chi connectivity index (χ3v) is 9.17. The summed E-state index contributed by atoms with van der Waals surface area (Å²) in [5.74, 6) is 1.70. The molecular weight excluding hydrogens is 368 g/mol. The van der Waals surface area contributed by atoms with E-state index in [1.165, 1.54) is 19.1 Å². The molecule has 0 aromatic heterocycles. The Kier molecular flexibility index (Phi) is 5.31. The Morgan fingerprint density at radius 2 is 1.83 bits per heavy atom. The highest BCUT2D eigenvalue weighted by Crippen LogP contribution is 2.67. The third-order valence-electron chi connectivity index (χ3n) is 9.17. The molecule has 0 aliphatic heterocycles. The fraction of sp³-hybridized carbons (Fsp3) is 0.826. The zero-order chi connectivity index (χ0) is 20.9. The molecule has 0 saturated heterocycles. The molecule has 3 fully saturated rings. The topological polar surface area (TPSA) is 83.6 Å². The van der Waals surface area contributed by atoms with Gasteiger partial charge < -0.3 is 19.9 Å². The van der Waals surface area contributed by atoms with Crippen molar-refractivity contribution in [3.63, 3.8) is 0 Å². The maximum absolute atomic E-state index is 11.7. The van der Waals surface area contributed by atoms with E-state index in [4.69, 9.17) is 9.68 Å². The molecule has 6 heteroatoms. The number of fused-ring (bicyclic) bond motifs is 5. The third kappa shape index (κ3) is 2.89. The number of aliphatic hydroxyl groups excluding tert-OH is 1. The lowest BCUT2D eigenvalue weighted by Crippen LogP contribution is -2.58. The van der Waals surface area contributed by atoms with Crippen molar-refractivity contribution in [3.05, 3.63) is 11.6 Å². The number of oxime groups is 2. The van der Waals surface area contributed by atoms with Crippen molar-refractivity contribution in [1.29, 1.82) is 0 Å². The van der Waals surface area contributed by atoms with Gasteiger partial charge in [-0.2, -0.15) is 0 Å². The summed E-state index contributed by atoms with van der Waals surface area (Å²) in [6.45, 7) is 4.42. The molecule has 0 aromatic rings. The van der Waals surface area contributed by atoms with Crippen molar-refractivity contribution in [3.8, 4) is 0 Å². The van der Waals surface area contributed by atoms with E-state index in [1.807, 2.05) is 0 Å². The SMILES string of the molecule is CO/N=C1\C=C2CC[C@@H]3[C@H](CC[C@@]4(C)[C@H]3CC[C@]4(O)/C(CO)=N/OC)[C@@]2(C)CC1. The van der Waals surface area contributed by atoms with Crippen LogP contribution in [0.15, 0.2) is 22.0 Å². The predicted octanol–water partition coefficient (Wildman–Crippen LogP) is 3.68. The average Bonchev–Trinajstić information content (AvgIpc) is 2.98. The molecular formula is C23H36N2O4. The van der Waals surface area contributed by atoms with Crippen molar-refractivity contribution in [2.45, 2.75) is 70.8 Å². The van der Waals surface area contributed by atoms with E-state index in [-0.39, 0.29) is 17.4 Å². The van der Waals surface area contributed by atoms with Gasteiger partial charge in [0.1, 0.15) is 25.5 Å². The van der Waals surface area contributed by atoms with Crippen LogP contribution in [-0.2, 0) is 9.68 Å². The van der Waals surface area contributed by atoms with Crippen molar-refractivity contribution in [1.82, 2.24) is 0 Å².